The van der Waals surface area contributed by atoms with E-state index in [0.717, 1.165) is 45.5 Å². The Bertz CT molecular complexity index is 1260. The van der Waals surface area contributed by atoms with Gasteiger partial charge in [-0.2, -0.15) is 0 Å². The lowest BCUT2D eigenvalue weighted by Gasteiger charge is -2.20. The second kappa shape index (κ2) is 9.73. The summed E-state index contributed by atoms with van der Waals surface area (Å²) in [7, 11) is 0. The van der Waals surface area contributed by atoms with Crippen LogP contribution in [0.5, 0.6) is 0 Å². The first-order valence-electron chi connectivity index (χ1n) is 10.7. The van der Waals surface area contributed by atoms with E-state index >= 15 is 0 Å². The zero-order chi connectivity index (χ0) is 23.4. The fraction of sp³-hybridized carbons (Fsp3) is 0.214. The highest BCUT2D eigenvalue weighted by atomic mass is 19.1. The van der Waals surface area contributed by atoms with E-state index < -0.39 is 0 Å². The van der Waals surface area contributed by atoms with Gasteiger partial charge in [-0.15, -0.1) is 0 Å². The minimum Gasteiger partial charge on any atom is -0.347 e. The van der Waals surface area contributed by atoms with Crippen molar-refractivity contribution in [2.24, 2.45) is 0 Å². The summed E-state index contributed by atoms with van der Waals surface area (Å²) in [5, 5.41) is 0. The molecule has 0 saturated heterocycles. The molecule has 0 N–H and O–H groups in total. The zero-order valence-electron chi connectivity index (χ0n) is 19.0. The number of hydrogen-bond donors (Lipinski definition) is 0. The van der Waals surface area contributed by atoms with Crippen LogP contribution in [0, 0.1) is 12.7 Å². The molecule has 0 aliphatic carbocycles. The molecule has 3 nitrogen and oxygen atoms in total. The second-order valence-corrected chi connectivity index (χ2v) is 8.04. The highest BCUT2D eigenvalue weighted by Crippen LogP contribution is 2.36. The van der Waals surface area contributed by atoms with Gasteiger partial charge in [0.1, 0.15) is 5.82 Å². The Morgan fingerprint density at radius 2 is 1.72 bits per heavy atom. The third kappa shape index (κ3) is 4.86. The monoisotopic (exact) mass is 429 g/mol. The summed E-state index contributed by atoms with van der Waals surface area (Å²) < 4.78 is 15.5. The summed E-state index contributed by atoms with van der Waals surface area (Å²) in [6.45, 7) is 12.4. The van der Waals surface area contributed by atoms with E-state index in [9.17, 15) is 14.0 Å². The van der Waals surface area contributed by atoms with Gasteiger partial charge in [-0.1, -0.05) is 55.5 Å². The van der Waals surface area contributed by atoms with Crippen LogP contribution in [0.25, 0.3) is 16.7 Å². The van der Waals surface area contributed by atoms with Gasteiger partial charge in [0.2, 0.25) is 0 Å². The number of carbonyl (C=O) groups is 1. The van der Waals surface area contributed by atoms with Gasteiger partial charge in [-0.3, -0.25) is 9.59 Å². The molecule has 32 heavy (non-hydrogen) atoms. The van der Waals surface area contributed by atoms with Crippen LogP contribution in [0.2, 0.25) is 0 Å². The molecule has 0 bridgehead atoms. The van der Waals surface area contributed by atoms with E-state index in [1.807, 2.05) is 43.5 Å². The maximum absolute atomic E-state index is 13.5. The molecule has 0 unspecified atom stereocenters. The first kappa shape index (κ1) is 23.1. The lowest BCUT2D eigenvalue weighted by atomic mass is 9.88. The summed E-state index contributed by atoms with van der Waals surface area (Å²) in [6, 6.07) is 15.9. The molecule has 2 aromatic carbocycles. The minimum absolute atomic E-state index is 0.185. The minimum atomic E-state index is -0.309. The van der Waals surface area contributed by atoms with Crippen LogP contribution in [0.15, 0.2) is 72.2 Å². The topological polar surface area (TPSA) is 39.1 Å². The Morgan fingerprint density at radius 3 is 2.31 bits per heavy atom. The van der Waals surface area contributed by atoms with Gasteiger partial charge in [0.25, 0.3) is 0 Å². The maximum Gasteiger partial charge on any atom is 0.192 e. The molecular formula is C28H28FNO2. The molecule has 0 spiro atoms. The zero-order valence-corrected chi connectivity index (χ0v) is 19.0. The van der Waals surface area contributed by atoms with Crippen LogP contribution in [0.1, 0.15) is 59.9 Å². The third-order valence-electron chi connectivity index (χ3n) is 5.53. The van der Waals surface area contributed by atoms with Gasteiger partial charge >= 0.3 is 0 Å². The number of benzene rings is 2. The Morgan fingerprint density at radius 1 is 1.03 bits per heavy atom. The van der Waals surface area contributed by atoms with Crippen LogP contribution in [-0.2, 0) is 6.54 Å². The molecule has 0 amide bonds. The summed E-state index contributed by atoms with van der Waals surface area (Å²) in [6.07, 6.45) is 2.50. The molecule has 0 aliphatic rings. The van der Waals surface area contributed by atoms with Crippen LogP contribution in [0.4, 0.5) is 4.39 Å². The van der Waals surface area contributed by atoms with E-state index in [4.69, 9.17) is 0 Å². The SMILES string of the molecule is C=C(/C(=C(\C)c1cc(=O)c(C(C)=O)cn1CCC)c1cccc(C)c1)c1ccc(F)cc1. The lowest BCUT2D eigenvalue weighted by Crippen LogP contribution is -2.19. The molecule has 0 saturated carbocycles. The molecule has 3 aromatic rings. The highest BCUT2D eigenvalue weighted by molar-refractivity contribution is 6.13. The number of halogens is 1. The lowest BCUT2D eigenvalue weighted by molar-refractivity contribution is 0.101. The van der Waals surface area contributed by atoms with Crippen molar-refractivity contribution in [1.29, 1.82) is 0 Å². The van der Waals surface area contributed by atoms with Crippen LogP contribution in [-0.4, -0.2) is 10.4 Å². The van der Waals surface area contributed by atoms with Crippen molar-refractivity contribution in [3.63, 3.8) is 0 Å². The Hall–Kier alpha value is -3.53. The highest BCUT2D eigenvalue weighted by Gasteiger charge is 2.18. The maximum atomic E-state index is 13.5. The Balaban J connectivity index is 2.32. The average Bonchev–Trinajstić information content (AvgIpc) is 2.75. The van der Waals surface area contributed by atoms with Gasteiger partial charge in [0.05, 0.1) is 5.56 Å². The standard InChI is InChI=1S/C28H28FNO2/c1-6-14-30-17-25(21(5)31)27(32)16-26(30)20(4)28(23-9-7-8-18(2)15-23)19(3)22-10-12-24(29)13-11-22/h7-13,15-17H,3,6,14H2,1-2,4-5H3/b28-20-. The molecule has 0 fully saturated rings. The summed E-state index contributed by atoms with van der Waals surface area (Å²) in [4.78, 5) is 24.7. The van der Waals surface area contributed by atoms with Gasteiger partial charge < -0.3 is 4.57 Å². The summed E-state index contributed by atoms with van der Waals surface area (Å²) in [5.74, 6) is -0.557. The first-order chi connectivity index (χ1) is 15.2. The van der Waals surface area contributed by atoms with E-state index in [0.29, 0.717) is 6.54 Å². The number of aryl methyl sites for hydroxylation is 2. The molecule has 0 radical (unpaired) electrons. The van der Waals surface area contributed by atoms with Gasteiger partial charge in [-0.05, 0) is 67.2 Å². The number of hydrogen-bond acceptors (Lipinski definition) is 2. The number of allylic oxidation sites excluding steroid dienone is 3. The number of pyridine rings is 1. The Labute approximate surface area is 188 Å². The number of Topliss-reactive ketones (excluding diaryl/α,β-unsaturated/α-hetero) is 1. The van der Waals surface area contributed by atoms with E-state index in [1.165, 1.54) is 25.1 Å². The van der Waals surface area contributed by atoms with Crippen molar-refractivity contribution in [1.82, 2.24) is 4.57 Å². The second-order valence-electron chi connectivity index (χ2n) is 8.04. The predicted octanol–water partition coefficient (Wildman–Crippen LogP) is 6.55. The van der Waals surface area contributed by atoms with Crippen molar-refractivity contribution >= 4 is 22.5 Å². The quantitative estimate of drug-likeness (QED) is 0.315. The van der Waals surface area contributed by atoms with Crippen molar-refractivity contribution in [2.75, 3.05) is 0 Å². The molecule has 0 atom stereocenters. The van der Waals surface area contributed by atoms with Crippen molar-refractivity contribution < 1.29 is 9.18 Å². The Kier molecular flexibility index (Phi) is 7.04. The molecule has 3 rings (SSSR count). The molecule has 4 heteroatoms. The molecule has 164 valence electrons. The molecule has 0 aliphatic heterocycles. The van der Waals surface area contributed by atoms with Crippen LogP contribution in [0.3, 0.4) is 0 Å². The number of nitrogens with zero attached hydrogens (tertiary/aromatic N) is 1. The average molecular weight is 430 g/mol. The fourth-order valence-electron chi connectivity index (χ4n) is 3.93. The van der Waals surface area contributed by atoms with Gasteiger partial charge in [-0.25, -0.2) is 4.39 Å². The fourth-order valence-corrected chi connectivity index (χ4v) is 3.93. The molecule has 1 heterocycles. The van der Waals surface area contributed by atoms with Crippen molar-refractivity contribution in [3.05, 3.63) is 111 Å². The summed E-state index contributed by atoms with van der Waals surface area (Å²) >= 11 is 0. The normalized spacial score (nSPS) is 11.8. The smallest absolute Gasteiger partial charge is 0.192 e. The van der Waals surface area contributed by atoms with Crippen molar-refractivity contribution in [3.8, 4) is 0 Å². The number of rotatable bonds is 7. The number of aromatic nitrogens is 1. The molecular weight excluding hydrogens is 401 g/mol. The number of ketones is 1. The molecule has 1 aromatic heterocycles. The summed E-state index contributed by atoms with van der Waals surface area (Å²) in [5.41, 5.74) is 5.96. The van der Waals surface area contributed by atoms with Gasteiger partial charge in [0, 0.05) is 24.5 Å². The van der Waals surface area contributed by atoms with Crippen molar-refractivity contribution in [2.45, 2.75) is 40.7 Å². The third-order valence-corrected chi connectivity index (χ3v) is 5.53. The van der Waals surface area contributed by atoms with Crippen LogP contribution < -0.4 is 5.43 Å². The van der Waals surface area contributed by atoms with E-state index in [2.05, 4.69) is 12.6 Å². The van der Waals surface area contributed by atoms with E-state index in [1.54, 1.807) is 18.3 Å². The van der Waals surface area contributed by atoms with E-state index in [-0.39, 0.29) is 22.6 Å². The van der Waals surface area contributed by atoms with Crippen LogP contribution >= 0.6 is 0 Å². The predicted molar refractivity (Wildman–Crippen MR) is 130 cm³/mol. The number of carbonyl (C=O) groups excluding carboxylic acids is 1. The largest absolute Gasteiger partial charge is 0.347 e. The van der Waals surface area contributed by atoms with Gasteiger partial charge in [0.15, 0.2) is 11.2 Å². The first-order valence-corrected chi connectivity index (χ1v) is 10.7.